The van der Waals surface area contributed by atoms with Gasteiger partial charge in [0.25, 0.3) is 0 Å². The van der Waals surface area contributed by atoms with E-state index in [1.54, 1.807) is 0 Å². The van der Waals surface area contributed by atoms with Gasteiger partial charge in [-0.25, -0.2) is 0 Å². The SMILES string of the molecule is C=C/C(=N\NCN1c2ccccc2C12C=CC=CC2)c1ccccc1-c1ccccc1. The third-order valence-corrected chi connectivity index (χ3v) is 6.10. The molecule has 3 nitrogen and oxygen atoms in total. The summed E-state index contributed by atoms with van der Waals surface area (Å²) >= 11 is 0. The van der Waals surface area contributed by atoms with Crippen molar-refractivity contribution in [2.24, 2.45) is 5.10 Å². The zero-order valence-corrected chi connectivity index (χ0v) is 17.4. The number of benzene rings is 3. The number of fused-ring (bicyclic) bond motifs is 2. The van der Waals surface area contributed by atoms with Crippen LogP contribution in [0.5, 0.6) is 0 Å². The summed E-state index contributed by atoms with van der Waals surface area (Å²) in [6.45, 7) is 4.64. The topological polar surface area (TPSA) is 27.6 Å². The Morgan fingerprint density at radius 2 is 1.74 bits per heavy atom. The number of hydrogen-bond acceptors (Lipinski definition) is 3. The molecule has 5 rings (SSSR count). The van der Waals surface area contributed by atoms with E-state index in [9.17, 15) is 0 Å². The Morgan fingerprint density at radius 1 is 0.968 bits per heavy atom. The van der Waals surface area contributed by atoms with Crippen molar-refractivity contribution in [3.63, 3.8) is 0 Å². The third kappa shape index (κ3) is 3.28. The van der Waals surface area contributed by atoms with E-state index in [0.29, 0.717) is 6.67 Å². The molecule has 0 amide bonds. The second-order valence-electron chi connectivity index (χ2n) is 7.79. The lowest BCUT2D eigenvalue weighted by atomic mass is 9.74. The summed E-state index contributed by atoms with van der Waals surface area (Å²) in [5.41, 5.74) is 10.1. The second kappa shape index (κ2) is 8.11. The molecule has 1 aliphatic heterocycles. The molecule has 1 aliphatic carbocycles. The Bertz CT molecular complexity index is 1190. The second-order valence-corrected chi connectivity index (χ2v) is 7.79. The molecule has 0 fully saturated rings. The normalized spacial score (nSPS) is 19.1. The fraction of sp³-hybridized carbons (Fsp3) is 0.107. The van der Waals surface area contributed by atoms with E-state index >= 15 is 0 Å². The van der Waals surface area contributed by atoms with Gasteiger partial charge in [-0.3, -0.25) is 5.43 Å². The smallest absolute Gasteiger partial charge is 0.105 e. The van der Waals surface area contributed by atoms with E-state index in [0.717, 1.165) is 23.3 Å². The molecule has 0 radical (unpaired) electrons. The number of allylic oxidation sites excluding steroid dienone is 3. The maximum atomic E-state index is 4.74. The Kier molecular flexibility index (Phi) is 5.01. The van der Waals surface area contributed by atoms with Gasteiger partial charge in [0, 0.05) is 16.8 Å². The van der Waals surface area contributed by atoms with Crippen molar-refractivity contribution in [2.45, 2.75) is 12.0 Å². The van der Waals surface area contributed by atoms with E-state index in [1.165, 1.54) is 16.8 Å². The van der Waals surface area contributed by atoms with Crippen molar-refractivity contribution < 1.29 is 0 Å². The van der Waals surface area contributed by atoms with Crippen molar-refractivity contribution >= 4 is 11.4 Å². The molecule has 0 saturated heterocycles. The van der Waals surface area contributed by atoms with E-state index in [2.05, 4.69) is 108 Å². The number of rotatable bonds is 6. The van der Waals surface area contributed by atoms with Crippen LogP contribution in [-0.2, 0) is 5.54 Å². The van der Waals surface area contributed by atoms with Gasteiger partial charge >= 0.3 is 0 Å². The summed E-state index contributed by atoms with van der Waals surface area (Å²) in [5.74, 6) is 0. The van der Waals surface area contributed by atoms with Gasteiger partial charge in [-0.2, -0.15) is 5.10 Å². The summed E-state index contributed by atoms with van der Waals surface area (Å²) in [6, 6.07) is 27.3. The van der Waals surface area contributed by atoms with E-state index in [4.69, 9.17) is 5.10 Å². The Morgan fingerprint density at radius 3 is 2.55 bits per heavy atom. The lowest BCUT2D eigenvalue weighted by Gasteiger charge is -2.54. The quantitative estimate of drug-likeness (QED) is 0.402. The summed E-state index contributed by atoms with van der Waals surface area (Å²) in [6.07, 6.45) is 11.6. The number of hydrogen-bond donors (Lipinski definition) is 1. The van der Waals surface area contributed by atoms with Gasteiger partial charge < -0.3 is 4.90 Å². The number of anilines is 1. The minimum Gasteiger partial charge on any atom is -0.339 e. The van der Waals surface area contributed by atoms with Crippen LogP contribution in [0.4, 0.5) is 5.69 Å². The van der Waals surface area contributed by atoms with Crippen LogP contribution in [0.1, 0.15) is 17.5 Å². The molecule has 2 aliphatic rings. The predicted octanol–water partition coefficient (Wildman–Crippen LogP) is 6.02. The number of hydrazone groups is 1. The average Bonchev–Trinajstić information content (AvgIpc) is 2.85. The van der Waals surface area contributed by atoms with Crippen molar-refractivity contribution in [1.82, 2.24) is 5.43 Å². The van der Waals surface area contributed by atoms with Crippen LogP contribution in [0.2, 0.25) is 0 Å². The molecule has 3 aromatic rings. The summed E-state index contributed by atoms with van der Waals surface area (Å²) < 4.78 is 0. The van der Waals surface area contributed by atoms with Gasteiger partial charge in [0.15, 0.2) is 0 Å². The zero-order valence-electron chi connectivity index (χ0n) is 17.4. The molecule has 152 valence electrons. The van der Waals surface area contributed by atoms with Crippen LogP contribution in [-0.4, -0.2) is 12.4 Å². The molecule has 0 bridgehead atoms. The van der Waals surface area contributed by atoms with Crippen molar-refractivity contribution in [2.75, 3.05) is 11.6 Å². The van der Waals surface area contributed by atoms with Crippen LogP contribution in [0.15, 0.2) is 121 Å². The van der Waals surface area contributed by atoms with Crippen molar-refractivity contribution in [3.05, 3.63) is 127 Å². The minimum atomic E-state index is -0.0792. The molecule has 0 aromatic heterocycles. The lowest BCUT2D eigenvalue weighted by molar-refractivity contribution is 0.426. The Labute approximate surface area is 183 Å². The molecule has 3 heteroatoms. The molecule has 1 N–H and O–H groups in total. The molecule has 1 spiro atoms. The molecule has 0 saturated carbocycles. The molecule has 31 heavy (non-hydrogen) atoms. The molecular weight excluding hydrogens is 378 g/mol. The summed E-state index contributed by atoms with van der Waals surface area (Å²) in [4.78, 5) is 2.38. The van der Waals surface area contributed by atoms with E-state index in [-0.39, 0.29) is 5.54 Å². The lowest BCUT2D eigenvalue weighted by Crippen LogP contribution is -2.56. The van der Waals surface area contributed by atoms with Crippen molar-refractivity contribution in [3.8, 4) is 11.1 Å². The largest absolute Gasteiger partial charge is 0.339 e. The molecule has 1 heterocycles. The number of nitrogens with one attached hydrogen (secondary N) is 1. The van der Waals surface area contributed by atoms with Crippen LogP contribution in [0, 0.1) is 0 Å². The maximum absolute atomic E-state index is 4.74. The number of nitrogens with zero attached hydrogens (tertiary/aromatic N) is 2. The average molecular weight is 404 g/mol. The fourth-order valence-electron chi connectivity index (χ4n) is 4.60. The van der Waals surface area contributed by atoms with Gasteiger partial charge in [0.05, 0.1) is 11.3 Å². The van der Waals surface area contributed by atoms with Gasteiger partial charge in [-0.1, -0.05) is 104 Å². The van der Waals surface area contributed by atoms with E-state index in [1.807, 2.05) is 18.2 Å². The Balaban J connectivity index is 1.41. The minimum absolute atomic E-state index is 0.0792. The zero-order chi connectivity index (χ0) is 21.1. The highest BCUT2D eigenvalue weighted by atomic mass is 15.4. The van der Waals surface area contributed by atoms with Gasteiger partial charge in [-0.05, 0) is 29.7 Å². The predicted molar refractivity (Wildman–Crippen MR) is 130 cm³/mol. The molecule has 1 unspecified atom stereocenters. The standard InChI is InChI=1S/C28H25N3/c1-2-26(24-16-8-7-15-23(24)22-13-5-3-6-14-22)30-29-21-31-27-18-10-9-17-25(27)28(31)19-11-4-12-20-28/h2-19,29H,1,20-21H2/b30-26+. The van der Waals surface area contributed by atoms with Crippen molar-refractivity contribution in [1.29, 1.82) is 0 Å². The van der Waals surface area contributed by atoms with Gasteiger partial charge in [-0.15, -0.1) is 0 Å². The highest BCUT2D eigenvalue weighted by Gasteiger charge is 2.46. The first-order valence-corrected chi connectivity index (χ1v) is 10.6. The van der Waals surface area contributed by atoms with Gasteiger partial charge in [0.2, 0.25) is 0 Å². The first-order valence-electron chi connectivity index (χ1n) is 10.6. The molecule has 1 atom stereocenters. The van der Waals surface area contributed by atoms with E-state index < -0.39 is 0 Å². The fourth-order valence-corrected chi connectivity index (χ4v) is 4.60. The first kappa shape index (κ1) is 19.1. The molecule has 3 aromatic carbocycles. The van der Waals surface area contributed by atoms with Crippen LogP contribution in [0.25, 0.3) is 11.1 Å². The Hall–Kier alpha value is -3.85. The highest BCUT2D eigenvalue weighted by molar-refractivity contribution is 6.12. The van der Waals surface area contributed by atoms with Gasteiger partial charge in [0.1, 0.15) is 6.67 Å². The van der Waals surface area contributed by atoms with Crippen LogP contribution in [0.3, 0.4) is 0 Å². The summed E-state index contributed by atoms with van der Waals surface area (Å²) in [5, 5.41) is 4.74. The first-order chi connectivity index (χ1) is 15.3. The monoisotopic (exact) mass is 403 g/mol. The van der Waals surface area contributed by atoms with Crippen LogP contribution < -0.4 is 10.3 Å². The number of para-hydroxylation sites is 1. The van der Waals surface area contributed by atoms with Crippen LogP contribution >= 0.6 is 0 Å². The third-order valence-electron chi connectivity index (χ3n) is 6.10. The maximum Gasteiger partial charge on any atom is 0.105 e. The highest BCUT2D eigenvalue weighted by Crippen LogP contribution is 2.51. The molecular formula is C28H25N3. The summed E-state index contributed by atoms with van der Waals surface area (Å²) in [7, 11) is 0.